The lowest BCUT2D eigenvalue weighted by atomic mass is 9.81. The predicted octanol–water partition coefficient (Wildman–Crippen LogP) is 3.12. The van der Waals surface area contributed by atoms with Crippen LogP contribution in [0.15, 0.2) is 30.3 Å². The van der Waals surface area contributed by atoms with Crippen molar-refractivity contribution >= 4 is 5.97 Å². The summed E-state index contributed by atoms with van der Waals surface area (Å²) in [5.41, 5.74) is 1.29. The van der Waals surface area contributed by atoms with Crippen LogP contribution in [-0.4, -0.2) is 48.1 Å². The summed E-state index contributed by atoms with van der Waals surface area (Å²) in [4.78, 5) is 14.1. The SMILES string of the molecule is CC(=O)O[C@H](C)[C@@H]1C[C@H]2CCC3(C[C@H]2N1Cc1ccccc1)OCCO3. The van der Waals surface area contributed by atoms with Crippen LogP contribution in [0.3, 0.4) is 0 Å². The van der Waals surface area contributed by atoms with E-state index in [1.54, 1.807) is 0 Å². The first-order chi connectivity index (χ1) is 12.6. The average molecular weight is 359 g/mol. The number of hydrogen-bond acceptors (Lipinski definition) is 5. The molecule has 1 aromatic carbocycles. The van der Waals surface area contributed by atoms with Crippen LogP contribution in [-0.2, 0) is 25.5 Å². The molecule has 4 atom stereocenters. The standard InChI is InChI=1S/C21H29NO4/c1-15(26-16(2)23)19-12-18-8-9-21(24-10-11-25-21)13-20(18)22(19)14-17-6-4-3-5-7-17/h3-7,15,18-20H,8-14H2,1-2H3/t15-,18-,19+,20-/m1/s1. The maximum absolute atomic E-state index is 11.5. The first-order valence-electron chi connectivity index (χ1n) is 9.81. The van der Waals surface area contributed by atoms with E-state index in [2.05, 4.69) is 29.2 Å². The van der Waals surface area contributed by atoms with Gasteiger partial charge in [-0.3, -0.25) is 9.69 Å². The minimum Gasteiger partial charge on any atom is -0.461 e. The van der Waals surface area contributed by atoms with E-state index < -0.39 is 5.79 Å². The quantitative estimate of drug-likeness (QED) is 0.773. The molecule has 2 saturated heterocycles. The highest BCUT2D eigenvalue weighted by Gasteiger charge is 2.52. The molecule has 1 aromatic rings. The van der Waals surface area contributed by atoms with Crippen LogP contribution in [0.4, 0.5) is 0 Å². The second-order valence-electron chi connectivity index (χ2n) is 7.95. The fraction of sp³-hybridized carbons (Fsp3) is 0.667. The third-order valence-electron chi connectivity index (χ3n) is 6.27. The minimum atomic E-state index is -0.393. The van der Waals surface area contributed by atoms with E-state index in [4.69, 9.17) is 14.2 Å². The Morgan fingerprint density at radius 3 is 2.73 bits per heavy atom. The second kappa shape index (κ2) is 7.29. The molecule has 1 spiro atoms. The number of carbonyl (C=O) groups is 1. The molecule has 5 heteroatoms. The number of fused-ring (bicyclic) bond motifs is 1. The molecule has 5 nitrogen and oxygen atoms in total. The molecule has 1 saturated carbocycles. The first kappa shape index (κ1) is 18.0. The van der Waals surface area contributed by atoms with Gasteiger partial charge in [0, 0.05) is 38.4 Å². The largest absolute Gasteiger partial charge is 0.461 e. The lowest BCUT2D eigenvalue weighted by Gasteiger charge is -2.42. The van der Waals surface area contributed by atoms with E-state index in [1.807, 2.05) is 13.0 Å². The predicted molar refractivity (Wildman–Crippen MR) is 97.4 cm³/mol. The van der Waals surface area contributed by atoms with Crippen molar-refractivity contribution in [2.24, 2.45) is 5.92 Å². The van der Waals surface area contributed by atoms with Gasteiger partial charge in [0.05, 0.1) is 13.2 Å². The zero-order chi connectivity index (χ0) is 18.1. The van der Waals surface area contributed by atoms with Crippen LogP contribution in [0.25, 0.3) is 0 Å². The fourth-order valence-corrected chi connectivity index (χ4v) is 5.13. The van der Waals surface area contributed by atoms with E-state index in [0.717, 1.165) is 32.2 Å². The van der Waals surface area contributed by atoms with Crippen molar-refractivity contribution in [3.63, 3.8) is 0 Å². The number of carbonyl (C=O) groups excluding carboxylic acids is 1. The summed E-state index contributed by atoms with van der Waals surface area (Å²) in [6.07, 6.45) is 3.96. The highest BCUT2D eigenvalue weighted by Crippen LogP contribution is 2.47. The summed E-state index contributed by atoms with van der Waals surface area (Å²) in [6.45, 7) is 5.79. The van der Waals surface area contributed by atoms with Crippen LogP contribution in [0.5, 0.6) is 0 Å². The number of hydrogen-bond donors (Lipinski definition) is 0. The van der Waals surface area contributed by atoms with E-state index >= 15 is 0 Å². The van der Waals surface area contributed by atoms with Crippen molar-refractivity contribution in [3.8, 4) is 0 Å². The van der Waals surface area contributed by atoms with E-state index in [1.165, 1.54) is 12.5 Å². The van der Waals surface area contributed by atoms with Gasteiger partial charge in [-0.05, 0) is 31.2 Å². The van der Waals surface area contributed by atoms with Gasteiger partial charge in [0.1, 0.15) is 6.10 Å². The molecule has 2 aliphatic heterocycles. The molecule has 0 radical (unpaired) electrons. The summed E-state index contributed by atoms with van der Waals surface area (Å²) >= 11 is 0. The molecule has 4 rings (SSSR count). The van der Waals surface area contributed by atoms with Crippen molar-refractivity contribution in [1.29, 1.82) is 0 Å². The topological polar surface area (TPSA) is 48.0 Å². The number of esters is 1. The van der Waals surface area contributed by atoms with Gasteiger partial charge in [-0.1, -0.05) is 30.3 Å². The Bertz CT molecular complexity index is 628. The molecule has 0 amide bonds. The monoisotopic (exact) mass is 359 g/mol. The molecule has 0 unspecified atom stereocenters. The third kappa shape index (κ3) is 3.53. The van der Waals surface area contributed by atoms with E-state index in [9.17, 15) is 4.79 Å². The molecule has 3 fully saturated rings. The van der Waals surface area contributed by atoms with Crippen LogP contribution in [0.2, 0.25) is 0 Å². The number of likely N-dealkylation sites (tertiary alicyclic amines) is 1. The Kier molecular flexibility index (Phi) is 5.04. The van der Waals surface area contributed by atoms with Gasteiger partial charge < -0.3 is 14.2 Å². The maximum Gasteiger partial charge on any atom is 0.302 e. The summed E-state index contributed by atoms with van der Waals surface area (Å²) in [6, 6.07) is 11.2. The maximum atomic E-state index is 11.5. The molecular formula is C21H29NO4. The smallest absolute Gasteiger partial charge is 0.302 e. The fourth-order valence-electron chi connectivity index (χ4n) is 5.13. The summed E-state index contributed by atoms with van der Waals surface area (Å²) in [5, 5.41) is 0. The first-order valence-corrected chi connectivity index (χ1v) is 9.81. The number of ether oxygens (including phenoxy) is 3. The Labute approximate surface area is 155 Å². The second-order valence-corrected chi connectivity index (χ2v) is 7.95. The molecule has 3 aliphatic rings. The number of nitrogens with zero attached hydrogens (tertiary/aromatic N) is 1. The Morgan fingerprint density at radius 1 is 1.31 bits per heavy atom. The molecule has 0 N–H and O–H groups in total. The Balaban J connectivity index is 1.57. The molecule has 26 heavy (non-hydrogen) atoms. The van der Waals surface area contributed by atoms with Crippen molar-refractivity contribution < 1.29 is 19.0 Å². The molecule has 1 aliphatic carbocycles. The van der Waals surface area contributed by atoms with E-state index in [0.29, 0.717) is 25.2 Å². The van der Waals surface area contributed by atoms with Crippen LogP contribution >= 0.6 is 0 Å². The highest BCUT2D eigenvalue weighted by atomic mass is 16.7. The summed E-state index contributed by atoms with van der Waals surface area (Å²) in [5.74, 6) is 0.0152. The minimum absolute atomic E-state index is 0.108. The van der Waals surface area contributed by atoms with Gasteiger partial charge in [-0.2, -0.15) is 0 Å². The summed E-state index contributed by atoms with van der Waals surface area (Å²) in [7, 11) is 0. The molecule has 0 bridgehead atoms. The lowest BCUT2D eigenvalue weighted by Crippen LogP contribution is -2.49. The number of rotatable bonds is 4. The normalized spacial score (nSPS) is 31.7. The van der Waals surface area contributed by atoms with Crippen molar-refractivity contribution in [2.45, 2.75) is 70.1 Å². The third-order valence-corrected chi connectivity index (χ3v) is 6.27. The lowest BCUT2D eigenvalue weighted by molar-refractivity contribution is -0.193. The van der Waals surface area contributed by atoms with Crippen LogP contribution in [0, 0.1) is 5.92 Å². The Hall–Kier alpha value is -1.43. The summed E-state index contributed by atoms with van der Waals surface area (Å²) < 4.78 is 17.6. The van der Waals surface area contributed by atoms with Crippen molar-refractivity contribution in [1.82, 2.24) is 4.90 Å². The van der Waals surface area contributed by atoms with Gasteiger partial charge in [0.25, 0.3) is 0 Å². The highest BCUT2D eigenvalue weighted by molar-refractivity contribution is 5.66. The van der Waals surface area contributed by atoms with Gasteiger partial charge in [0.2, 0.25) is 0 Å². The van der Waals surface area contributed by atoms with Gasteiger partial charge in [-0.25, -0.2) is 0 Å². The molecule has 142 valence electrons. The van der Waals surface area contributed by atoms with Gasteiger partial charge in [0.15, 0.2) is 5.79 Å². The zero-order valence-electron chi connectivity index (χ0n) is 15.7. The zero-order valence-corrected chi connectivity index (χ0v) is 15.7. The van der Waals surface area contributed by atoms with Gasteiger partial charge >= 0.3 is 5.97 Å². The molecule has 2 heterocycles. The van der Waals surface area contributed by atoms with Gasteiger partial charge in [-0.15, -0.1) is 0 Å². The average Bonchev–Trinajstić information content (AvgIpc) is 3.21. The molecular weight excluding hydrogens is 330 g/mol. The van der Waals surface area contributed by atoms with Crippen molar-refractivity contribution in [3.05, 3.63) is 35.9 Å². The molecule has 0 aromatic heterocycles. The van der Waals surface area contributed by atoms with Crippen LogP contribution in [0.1, 0.15) is 45.1 Å². The van der Waals surface area contributed by atoms with Crippen LogP contribution < -0.4 is 0 Å². The van der Waals surface area contributed by atoms with E-state index in [-0.39, 0.29) is 18.1 Å². The number of benzene rings is 1. The van der Waals surface area contributed by atoms with Crippen molar-refractivity contribution in [2.75, 3.05) is 13.2 Å². The Morgan fingerprint density at radius 2 is 2.04 bits per heavy atom.